The van der Waals surface area contributed by atoms with E-state index in [9.17, 15) is 4.79 Å². The molecule has 1 aliphatic rings. The Morgan fingerprint density at radius 3 is 2.47 bits per heavy atom. The van der Waals surface area contributed by atoms with Crippen molar-refractivity contribution >= 4 is 33.5 Å². The molecule has 0 saturated carbocycles. The van der Waals surface area contributed by atoms with Crippen molar-refractivity contribution in [2.45, 2.75) is 13.0 Å². The molecule has 0 fully saturated rings. The van der Waals surface area contributed by atoms with E-state index < -0.39 is 6.04 Å². The van der Waals surface area contributed by atoms with E-state index in [1.54, 1.807) is 11.8 Å². The molecule has 34 heavy (non-hydrogen) atoms. The van der Waals surface area contributed by atoms with Gasteiger partial charge < -0.3 is 15.4 Å². The average molecular weight is 516 g/mol. The van der Waals surface area contributed by atoms with Gasteiger partial charge in [0.15, 0.2) is 5.82 Å². The van der Waals surface area contributed by atoms with Crippen LogP contribution in [0.3, 0.4) is 0 Å². The van der Waals surface area contributed by atoms with E-state index in [-0.39, 0.29) is 5.91 Å². The lowest BCUT2D eigenvalue weighted by Gasteiger charge is -2.29. The Labute approximate surface area is 205 Å². The summed E-state index contributed by atoms with van der Waals surface area (Å²) in [5.41, 5.74) is 3.67. The largest absolute Gasteiger partial charge is 0.495 e. The molecule has 0 radical (unpaired) electrons. The number of aromatic nitrogens is 3. The quantitative estimate of drug-likeness (QED) is 0.359. The number of carbonyl (C=O) groups is 1. The standard InChI is InChI=1S/C26H22BrN5O2/c1-16-22(25(33)29-20-10-6-7-11-21(20)34-2)23(17-12-14-19(27)15-13-17)32-26(28-16)30-24(31-32)18-8-4-3-5-9-18/h3-15,23H,1-2H3,(H,29,33)(H,28,30,31). The fourth-order valence-electron chi connectivity index (χ4n) is 4.05. The van der Waals surface area contributed by atoms with Gasteiger partial charge in [0.25, 0.3) is 5.91 Å². The molecule has 3 aromatic carbocycles. The molecule has 170 valence electrons. The molecule has 1 aliphatic heterocycles. The summed E-state index contributed by atoms with van der Waals surface area (Å²) in [6.45, 7) is 1.88. The third kappa shape index (κ3) is 4.08. The first kappa shape index (κ1) is 21.9. The minimum absolute atomic E-state index is 0.246. The molecule has 2 heterocycles. The Bertz CT molecular complexity index is 1380. The SMILES string of the molecule is COc1ccccc1NC(=O)C1=C(C)Nc2nc(-c3ccccc3)nn2C1c1ccc(Br)cc1. The number of hydrogen-bond donors (Lipinski definition) is 2. The van der Waals surface area contributed by atoms with Crippen molar-refractivity contribution in [2.24, 2.45) is 0 Å². The highest BCUT2D eigenvalue weighted by Gasteiger charge is 2.34. The van der Waals surface area contributed by atoms with Crippen LogP contribution in [0.1, 0.15) is 18.5 Å². The zero-order valence-corrected chi connectivity index (χ0v) is 20.2. The first-order valence-electron chi connectivity index (χ1n) is 10.7. The number of ether oxygens (including phenoxy) is 1. The lowest BCUT2D eigenvalue weighted by Crippen LogP contribution is -2.31. The number of allylic oxidation sites excluding steroid dienone is 1. The van der Waals surface area contributed by atoms with E-state index >= 15 is 0 Å². The highest BCUT2D eigenvalue weighted by atomic mass is 79.9. The van der Waals surface area contributed by atoms with Crippen LogP contribution in [-0.4, -0.2) is 27.8 Å². The lowest BCUT2D eigenvalue weighted by atomic mass is 9.95. The average Bonchev–Trinajstić information content (AvgIpc) is 3.28. The van der Waals surface area contributed by atoms with Gasteiger partial charge in [-0.2, -0.15) is 4.98 Å². The van der Waals surface area contributed by atoms with Crippen molar-refractivity contribution in [1.82, 2.24) is 14.8 Å². The van der Waals surface area contributed by atoms with E-state index in [4.69, 9.17) is 14.8 Å². The van der Waals surface area contributed by atoms with Gasteiger partial charge in [-0.25, -0.2) is 4.68 Å². The van der Waals surface area contributed by atoms with Gasteiger partial charge in [0, 0.05) is 15.7 Å². The second-order valence-electron chi connectivity index (χ2n) is 7.84. The predicted octanol–water partition coefficient (Wildman–Crippen LogP) is 5.64. The Balaban J connectivity index is 1.60. The van der Waals surface area contributed by atoms with Crippen LogP contribution in [0.5, 0.6) is 5.75 Å². The van der Waals surface area contributed by atoms with Crippen LogP contribution in [0.4, 0.5) is 11.6 Å². The van der Waals surface area contributed by atoms with Crippen LogP contribution < -0.4 is 15.4 Å². The van der Waals surface area contributed by atoms with Gasteiger partial charge in [-0.3, -0.25) is 4.79 Å². The summed E-state index contributed by atoms with van der Waals surface area (Å²) >= 11 is 3.50. The molecular weight excluding hydrogens is 494 g/mol. The predicted molar refractivity (Wildman–Crippen MR) is 136 cm³/mol. The van der Waals surface area contributed by atoms with E-state index in [1.807, 2.05) is 85.8 Å². The number of amides is 1. The van der Waals surface area contributed by atoms with Crippen LogP contribution >= 0.6 is 15.9 Å². The van der Waals surface area contributed by atoms with Crippen LogP contribution in [-0.2, 0) is 4.79 Å². The number of para-hydroxylation sites is 2. The maximum atomic E-state index is 13.6. The summed E-state index contributed by atoms with van der Waals surface area (Å²) in [5.74, 6) is 1.51. The van der Waals surface area contributed by atoms with Gasteiger partial charge in [-0.1, -0.05) is 70.5 Å². The number of methoxy groups -OCH3 is 1. The minimum atomic E-state index is -0.469. The van der Waals surface area contributed by atoms with Gasteiger partial charge in [0.2, 0.25) is 5.95 Å². The van der Waals surface area contributed by atoms with Gasteiger partial charge in [-0.15, -0.1) is 5.10 Å². The van der Waals surface area contributed by atoms with Crippen LogP contribution in [0.2, 0.25) is 0 Å². The number of halogens is 1. The summed E-state index contributed by atoms with van der Waals surface area (Å²) in [5, 5.41) is 11.1. The number of nitrogens with one attached hydrogen (secondary N) is 2. The van der Waals surface area contributed by atoms with Crippen molar-refractivity contribution in [3.8, 4) is 17.1 Å². The molecule has 1 atom stereocenters. The van der Waals surface area contributed by atoms with Crippen molar-refractivity contribution in [3.05, 3.63) is 100 Å². The number of rotatable bonds is 5. The molecule has 0 spiro atoms. The van der Waals surface area contributed by atoms with E-state index in [2.05, 4.69) is 26.6 Å². The minimum Gasteiger partial charge on any atom is -0.495 e. The molecule has 4 aromatic rings. The Morgan fingerprint density at radius 2 is 1.74 bits per heavy atom. The van der Waals surface area contributed by atoms with Crippen molar-refractivity contribution < 1.29 is 9.53 Å². The number of carbonyl (C=O) groups excluding carboxylic acids is 1. The molecule has 7 nitrogen and oxygen atoms in total. The van der Waals surface area contributed by atoms with Gasteiger partial charge in [0.05, 0.1) is 18.4 Å². The zero-order chi connectivity index (χ0) is 23.7. The Hall–Kier alpha value is -3.91. The third-order valence-electron chi connectivity index (χ3n) is 5.67. The lowest BCUT2D eigenvalue weighted by molar-refractivity contribution is -0.113. The molecule has 0 aliphatic carbocycles. The topological polar surface area (TPSA) is 81.1 Å². The third-order valence-corrected chi connectivity index (χ3v) is 6.20. The molecule has 1 unspecified atom stereocenters. The van der Waals surface area contributed by atoms with Crippen LogP contribution in [0, 0.1) is 0 Å². The molecule has 2 N–H and O–H groups in total. The van der Waals surface area contributed by atoms with Crippen molar-refractivity contribution in [3.63, 3.8) is 0 Å². The molecule has 0 saturated heterocycles. The summed E-state index contributed by atoms with van der Waals surface area (Å²) in [4.78, 5) is 18.4. The maximum absolute atomic E-state index is 13.6. The first-order chi connectivity index (χ1) is 16.5. The molecule has 0 bridgehead atoms. The van der Waals surface area contributed by atoms with Crippen LogP contribution in [0.15, 0.2) is 94.6 Å². The van der Waals surface area contributed by atoms with Crippen molar-refractivity contribution in [1.29, 1.82) is 0 Å². The molecule has 1 aromatic heterocycles. The van der Waals surface area contributed by atoms with Crippen molar-refractivity contribution in [2.75, 3.05) is 17.7 Å². The summed E-state index contributed by atoms with van der Waals surface area (Å²) in [6.07, 6.45) is 0. The molecule has 8 heteroatoms. The van der Waals surface area contributed by atoms with Gasteiger partial charge in [-0.05, 0) is 36.8 Å². The first-order valence-corrected chi connectivity index (χ1v) is 11.5. The van der Waals surface area contributed by atoms with E-state index in [0.29, 0.717) is 34.5 Å². The molecule has 5 rings (SSSR count). The molecule has 1 amide bonds. The fraction of sp³-hybridized carbons (Fsp3) is 0.115. The summed E-state index contributed by atoms with van der Waals surface area (Å²) < 4.78 is 8.14. The number of nitrogens with zero attached hydrogens (tertiary/aromatic N) is 3. The number of hydrogen-bond acceptors (Lipinski definition) is 5. The normalized spacial score (nSPS) is 14.9. The maximum Gasteiger partial charge on any atom is 0.255 e. The highest BCUT2D eigenvalue weighted by molar-refractivity contribution is 9.10. The summed E-state index contributed by atoms with van der Waals surface area (Å²) in [6, 6.07) is 24.5. The van der Waals surface area contributed by atoms with Crippen LogP contribution in [0.25, 0.3) is 11.4 Å². The Morgan fingerprint density at radius 1 is 1.03 bits per heavy atom. The number of anilines is 2. The fourth-order valence-corrected chi connectivity index (χ4v) is 4.31. The Kier molecular flexibility index (Phi) is 5.90. The number of fused-ring (bicyclic) bond motifs is 1. The second-order valence-corrected chi connectivity index (χ2v) is 8.76. The second kappa shape index (κ2) is 9.15. The monoisotopic (exact) mass is 515 g/mol. The smallest absolute Gasteiger partial charge is 0.255 e. The zero-order valence-electron chi connectivity index (χ0n) is 18.6. The number of benzene rings is 3. The van der Waals surface area contributed by atoms with E-state index in [0.717, 1.165) is 15.6 Å². The van der Waals surface area contributed by atoms with E-state index in [1.165, 1.54) is 0 Å². The highest BCUT2D eigenvalue weighted by Crippen LogP contribution is 2.37. The van der Waals surface area contributed by atoms with Gasteiger partial charge in [0.1, 0.15) is 11.8 Å². The summed E-state index contributed by atoms with van der Waals surface area (Å²) in [7, 11) is 1.58. The van der Waals surface area contributed by atoms with Gasteiger partial charge >= 0.3 is 0 Å². The molecular formula is C26H22BrN5O2.